The number of hydrogen-bond donors (Lipinski definition) is 3. The lowest BCUT2D eigenvalue weighted by atomic mass is 9.45. The van der Waals surface area contributed by atoms with E-state index in [0.29, 0.717) is 24.8 Å². The van der Waals surface area contributed by atoms with E-state index >= 15 is 0 Å². The van der Waals surface area contributed by atoms with E-state index in [1.807, 2.05) is 0 Å². The molecule has 1 heterocycles. The van der Waals surface area contributed by atoms with Crippen LogP contribution in [-0.4, -0.2) is 43.2 Å². The van der Waals surface area contributed by atoms with Crippen molar-refractivity contribution in [1.82, 2.24) is 9.78 Å². The number of carbonyl (C=O) groups excluding carboxylic acids is 1. The highest BCUT2D eigenvalue weighted by molar-refractivity contribution is 7.81. The second-order valence-corrected chi connectivity index (χ2v) is 12.9. The molecular formula is C28H40N2O3S. The largest absolute Gasteiger partial charge is 0.393 e. The van der Waals surface area contributed by atoms with Gasteiger partial charge in [0.15, 0.2) is 5.78 Å². The van der Waals surface area contributed by atoms with Gasteiger partial charge < -0.3 is 10.2 Å². The second-order valence-electron chi connectivity index (χ2n) is 12.6. The number of Topliss-reactive ketones (excluding diaryl/α,β-unsaturated/α-hetero) is 1. The lowest BCUT2D eigenvalue weighted by Gasteiger charge is -2.60. The van der Waals surface area contributed by atoms with Gasteiger partial charge in [0.05, 0.1) is 29.8 Å². The highest BCUT2D eigenvalue weighted by Gasteiger charge is 2.68. The summed E-state index contributed by atoms with van der Waals surface area (Å²) in [5, 5.41) is 28.1. The fraction of sp³-hybridized carbons (Fsp3) is 0.786. The fourth-order valence-corrected chi connectivity index (χ4v) is 9.68. The minimum atomic E-state index is -1.36. The topological polar surface area (TPSA) is 75.3 Å². The van der Waals surface area contributed by atoms with Crippen LogP contribution in [-0.2, 0) is 11.2 Å². The normalized spacial score (nSPS) is 44.0. The Labute approximate surface area is 208 Å². The molecule has 0 bridgehead atoms. The number of thiol groups is 1. The summed E-state index contributed by atoms with van der Waals surface area (Å²) in [5.41, 5.74) is 2.08. The lowest BCUT2D eigenvalue weighted by Crippen LogP contribution is -2.62. The first-order chi connectivity index (χ1) is 16.2. The molecule has 5 aliphatic rings. The van der Waals surface area contributed by atoms with Gasteiger partial charge in [-0.1, -0.05) is 38.7 Å². The first-order valence-electron chi connectivity index (χ1n) is 13.5. The minimum absolute atomic E-state index is 0.0569. The molecule has 4 fully saturated rings. The molecule has 0 radical (unpaired) electrons. The van der Waals surface area contributed by atoms with E-state index in [1.165, 1.54) is 48.9 Å². The Balaban J connectivity index is 1.34. The van der Waals surface area contributed by atoms with E-state index in [9.17, 15) is 15.0 Å². The second kappa shape index (κ2) is 7.94. The molecule has 7 atom stereocenters. The van der Waals surface area contributed by atoms with E-state index < -0.39 is 17.1 Å². The fourth-order valence-electron chi connectivity index (χ4n) is 9.42. The number of aliphatic hydroxyl groups excluding tert-OH is 1. The number of rotatable bonds is 3. The van der Waals surface area contributed by atoms with Gasteiger partial charge in [0.25, 0.3) is 0 Å². The molecule has 186 valence electrons. The third-order valence-electron chi connectivity index (χ3n) is 11.1. The number of aromatic nitrogens is 2. The zero-order chi connectivity index (χ0) is 23.9. The number of hydrogen-bond acceptors (Lipinski definition) is 5. The maximum Gasteiger partial charge on any atom is 0.174 e. The quantitative estimate of drug-likeness (QED) is 0.540. The predicted octanol–water partition coefficient (Wildman–Crippen LogP) is 4.77. The van der Waals surface area contributed by atoms with Crippen LogP contribution < -0.4 is 0 Å². The standard InChI is InChI=1S/C28H40N2O3S/c1-26-13-17-15-29-30(19-6-4-3-5-7-19)22(17)12-18(26)8-9-20-21-10-11-28(33,24(32)16-34)27(21,2)14-23(31)25(20)26/h12,15,19-21,23,25,31,33-34H,3-11,13-14,16H2,1-2H3/t20?,21?,23-,25?,26?,27?,28-/m0/s1. The average molecular weight is 485 g/mol. The number of nitrogens with zero attached hydrogens (tertiary/aromatic N) is 2. The van der Waals surface area contributed by atoms with E-state index in [4.69, 9.17) is 5.10 Å². The van der Waals surface area contributed by atoms with Gasteiger partial charge in [0.1, 0.15) is 5.60 Å². The monoisotopic (exact) mass is 484 g/mol. The van der Waals surface area contributed by atoms with Gasteiger partial charge in [-0.15, -0.1) is 0 Å². The predicted molar refractivity (Wildman–Crippen MR) is 136 cm³/mol. The van der Waals surface area contributed by atoms with Crippen molar-refractivity contribution in [2.45, 2.75) is 102 Å². The minimum Gasteiger partial charge on any atom is -0.393 e. The van der Waals surface area contributed by atoms with Gasteiger partial charge in [-0.3, -0.25) is 9.48 Å². The molecule has 1 aromatic heterocycles. The van der Waals surface area contributed by atoms with E-state index in [0.717, 1.165) is 25.7 Å². The van der Waals surface area contributed by atoms with E-state index in [1.54, 1.807) is 0 Å². The van der Waals surface area contributed by atoms with Gasteiger partial charge in [-0.25, -0.2) is 0 Å². The molecule has 5 unspecified atom stereocenters. The Hall–Kier alpha value is -1.11. The average Bonchev–Trinajstić information content (AvgIpc) is 3.35. The van der Waals surface area contributed by atoms with Crippen LogP contribution in [0.1, 0.15) is 95.4 Å². The van der Waals surface area contributed by atoms with Crippen molar-refractivity contribution in [3.8, 4) is 0 Å². The molecular weight excluding hydrogens is 444 g/mol. The number of ketones is 1. The highest BCUT2D eigenvalue weighted by Crippen LogP contribution is 2.67. The van der Waals surface area contributed by atoms with Crippen LogP contribution in [0.3, 0.4) is 0 Å². The molecule has 0 spiro atoms. The molecule has 34 heavy (non-hydrogen) atoms. The van der Waals surface area contributed by atoms with Gasteiger partial charge >= 0.3 is 0 Å². The third-order valence-corrected chi connectivity index (χ3v) is 11.4. The van der Waals surface area contributed by atoms with Crippen LogP contribution in [0.25, 0.3) is 6.08 Å². The van der Waals surface area contributed by atoms with Gasteiger partial charge in [-0.05, 0) is 86.2 Å². The number of carbonyl (C=O) groups is 1. The van der Waals surface area contributed by atoms with Gasteiger partial charge in [0.2, 0.25) is 0 Å². The maximum atomic E-state index is 12.8. The van der Waals surface area contributed by atoms with Crippen LogP contribution in [0, 0.1) is 28.6 Å². The summed E-state index contributed by atoms with van der Waals surface area (Å²) in [5.74, 6) is 0.630. The molecule has 0 aliphatic heterocycles. The molecule has 5 nitrogen and oxygen atoms in total. The first-order valence-corrected chi connectivity index (χ1v) is 14.2. The van der Waals surface area contributed by atoms with E-state index in [2.05, 4.69) is 43.4 Å². The van der Waals surface area contributed by atoms with Crippen molar-refractivity contribution >= 4 is 24.5 Å². The molecule has 0 saturated heterocycles. The number of aliphatic hydroxyl groups is 2. The molecule has 6 rings (SSSR count). The molecule has 6 heteroatoms. The van der Waals surface area contributed by atoms with Crippen molar-refractivity contribution in [2.75, 3.05) is 5.75 Å². The van der Waals surface area contributed by atoms with Crippen LogP contribution in [0.4, 0.5) is 0 Å². The van der Waals surface area contributed by atoms with Gasteiger partial charge in [0, 0.05) is 5.41 Å². The summed E-state index contributed by atoms with van der Waals surface area (Å²) in [6, 6.07) is 0.525. The Morgan fingerprint density at radius 3 is 2.71 bits per heavy atom. The summed E-state index contributed by atoms with van der Waals surface area (Å²) >= 11 is 4.21. The Bertz CT molecular complexity index is 1030. The third kappa shape index (κ3) is 3.00. The molecule has 5 aliphatic carbocycles. The van der Waals surface area contributed by atoms with Crippen molar-refractivity contribution in [3.63, 3.8) is 0 Å². The summed E-state index contributed by atoms with van der Waals surface area (Å²) in [6.45, 7) is 4.43. The maximum absolute atomic E-state index is 12.8. The zero-order valence-electron chi connectivity index (χ0n) is 20.7. The number of fused-ring (bicyclic) bond motifs is 6. The Kier molecular flexibility index (Phi) is 5.44. The Morgan fingerprint density at radius 2 is 1.97 bits per heavy atom. The van der Waals surface area contributed by atoms with Gasteiger partial charge in [-0.2, -0.15) is 17.7 Å². The Morgan fingerprint density at radius 1 is 1.21 bits per heavy atom. The van der Waals surface area contributed by atoms with Crippen molar-refractivity contribution in [3.05, 3.63) is 23.0 Å². The molecule has 1 aromatic rings. The first kappa shape index (κ1) is 23.3. The van der Waals surface area contributed by atoms with Crippen molar-refractivity contribution in [2.24, 2.45) is 28.6 Å². The zero-order valence-corrected chi connectivity index (χ0v) is 21.6. The van der Waals surface area contributed by atoms with Crippen LogP contribution >= 0.6 is 12.6 Å². The van der Waals surface area contributed by atoms with Crippen LogP contribution in [0.15, 0.2) is 11.8 Å². The molecule has 0 amide bonds. The summed E-state index contributed by atoms with van der Waals surface area (Å²) < 4.78 is 2.31. The molecule has 0 aromatic carbocycles. The number of allylic oxidation sites excluding steroid dienone is 1. The summed E-state index contributed by atoms with van der Waals surface area (Å²) in [6.07, 6.45) is 15.2. The summed E-state index contributed by atoms with van der Waals surface area (Å²) in [4.78, 5) is 12.8. The molecule has 4 saturated carbocycles. The SMILES string of the molecule is CC12Cc3cnn(C4CCCCC4)c3C=C1CCC1C2[C@@H](O)CC2(C)C1CC[C@]2(O)C(=O)CS. The summed E-state index contributed by atoms with van der Waals surface area (Å²) in [7, 11) is 0. The van der Waals surface area contributed by atoms with Crippen LogP contribution in [0.2, 0.25) is 0 Å². The smallest absolute Gasteiger partial charge is 0.174 e. The van der Waals surface area contributed by atoms with Crippen molar-refractivity contribution < 1.29 is 15.0 Å². The van der Waals surface area contributed by atoms with E-state index in [-0.39, 0.29) is 28.8 Å². The van der Waals surface area contributed by atoms with Crippen molar-refractivity contribution in [1.29, 1.82) is 0 Å². The highest BCUT2D eigenvalue weighted by atomic mass is 32.1. The molecule has 2 N–H and O–H groups in total. The van der Waals surface area contributed by atoms with Crippen LogP contribution in [0.5, 0.6) is 0 Å². The lowest BCUT2D eigenvalue weighted by molar-refractivity contribution is -0.177.